The Morgan fingerprint density at radius 1 is 1.50 bits per heavy atom. The number of hydrogen-bond acceptors (Lipinski definition) is 6. The smallest absolute Gasteiger partial charge is 0.254 e. The molecule has 6 nitrogen and oxygen atoms in total. The Morgan fingerprint density at radius 3 is 2.72 bits per heavy atom. The highest BCUT2D eigenvalue weighted by atomic mass is 32.2. The van der Waals surface area contributed by atoms with Crippen LogP contribution < -0.4 is 10.6 Å². The van der Waals surface area contributed by atoms with Crippen molar-refractivity contribution in [2.75, 3.05) is 26.3 Å². The summed E-state index contributed by atoms with van der Waals surface area (Å²) in [6.07, 6.45) is 0. The number of nitrogens with two attached hydrogens (primary N) is 1. The van der Waals surface area contributed by atoms with Crippen LogP contribution in [0.25, 0.3) is 0 Å². The highest BCUT2D eigenvalue weighted by molar-refractivity contribution is 7.89. The molecular formula is C10H17N3O3S2. The number of sulfonamides is 1. The van der Waals surface area contributed by atoms with Gasteiger partial charge in [0.1, 0.15) is 0 Å². The van der Waals surface area contributed by atoms with Crippen LogP contribution in [0.3, 0.4) is 0 Å². The predicted octanol–water partition coefficient (Wildman–Crippen LogP) is 0.0407. The Hall–Kier alpha value is -0.510. The number of nitrogens with zero attached hydrogens (tertiary/aromatic N) is 1. The largest absolute Gasteiger partial charge is 0.379 e. The quantitative estimate of drug-likeness (QED) is 0.818. The van der Waals surface area contributed by atoms with Gasteiger partial charge in [0, 0.05) is 29.4 Å². The Kier molecular flexibility index (Phi) is 4.36. The Morgan fingerprint density at radius 2 is 2.17 bits per heavy atom. The lowest BCUT2D eigenvalue weighted by molar-refractivity contribution is 0.0272. The van der Waals surface area contributed by atoms with Gasteiger partial charge in [0.25, 0.3) is 10.0 Å². The van der Waals surface area contributed by atoms with E-state index in [0.717, 1.165) is 9.75 Å². The van der Waals surface area contributed by atoms with Gasteiger partial charge in [-0.05, 0) is 13.0 Å². The molecule has 0 atom stereocenters. The number of hydrogen-bond donors (Lipinski definition) is 2. The maximum atomic E-state index is 12.2. The molecule has 102 valence electrons. The summed E-state index contributed by atoms with van der Waals surface area (Å²) >= 11 is 1.42. The molecule has 3 N–H and O–H groups in total. The molecule has 1 saturated heterocycles. The van der Waals surface area contributed by atoms with Crippen LogP contribution in [-0.2, 0) is 21.3 Å². The first-order chi connectivity index (χ1) is 8.53. The van der Waals surface area contributed by atoms with Crippen LogP contribution in [0.15, 0.2) is 11.0 Å². The van der Waals surface area contributed by atoms with Gasteiger partial charge in [0.2, 0.25) is 0 Å². The monoisotopic (exact) mass is 291 g/mol. The first-order valence-corrected chi connectivity index (χ1v) is 7.97. The molecule has 0 unspecified atom stereocenters. The standard InChI is InChI=1S/C10H17N3O3S2/c1-8-10(6-9(7-11)17-8)18(14,15)12-13-2-4-16-5-3-13/h6,12H,2-5,7,11H2,1H3. The van der Waals surface area contributed by atoms with Gasteiger partial charge >= 0.3 is 0 Å². The molecule has 1 aliphatic rings. The molecular weight excluding hydrogens is 274 g/mol. The lowest BCUT2D eigenvalue weighted by atomic mass is 10.4. The minimum absolute atomic E-state index is 0.319. The van der Waals surface area contributed by atoms with E-state index in [2.05, 4.69) is 4.83 Å². The molecule has 18 heavy (non-hydrogen) atoms. The van der Waals surface area contributed by atoms with E-state index in [1.165, 1.54) is 11.3 Å². The van der Waals surface area contributed by atoms with Crippen molar-refractivity contribution in [2.24, 2.45) is 5.73 Å². The zero-order valence-corrected chi connectivity index (χ0v) is 11.8. The molecule has 0 spiro atoms. The van der Waals surface area contributed by atoms with Crippen molar-refractivity contribution in [1.82, 2.24) is 9.84 Å². The lowest BCUT2D eigenvalue weighted by Gasteiger charge is -2.26. The summed E-state index contributed by atoms with van der Waals surface area (Å²) in [5, 5.41) is 1.66. The Balaban J connectivity index is 2.16. The first kappa shape index (κ1) is 13.9. The summed E-state index contributed by atoms with van der Waals surface area (Å²) in [5.41, 5.74) is 5.53. The van der Waals surface area contributed by atoms with Gasteiger partial charge in [0.05, 0.1) is 18.1 Å². The molecule has 0 aromatic carbocycles. The van der Waals surface area contributed by atoms with Crippen LogP contribution in [0, 0.1) is 6.92 Å². The average molecular weight is 291 g/mol. The first-order valence-electron chi connectivity index (χ1n) is 5.67. The normalized spacial score (nSPS) is 18.1. The number of morpholine rings is 1. The van der Waals surface area contributed by atoms with E-state index in [1.807, 2.05) is 0 Å². The number of nitrogens with one attached hydrogen (secondary N) is 1. The zero-order chi connectivity index (χ0) is 13.2. The van der Waals surface area contributed by atoms with Crippen molar-refractivity contribution in [1.29, 1.82) is 0 Å². The van der Waals surface area contributed by atoms with Crippen LogP contribution in [0.2, 0.25) is 0 Å². The fraction of sp³-hybridized carbons (Fsp3) is 0.600. The predicted molar refractivity (Wildman–Crippen MR) is 69.7 cm³/mol. The molecule has 0 amide bonds. The number of thiophene rings is 1. The Labute approximate surface area is 111 Å². The third-order valence-electron chi connectivity index (χ3n) is 2.67. The lowest BCUT2D eigenvalue weighted by Crippen LogP contribution is -2.48. The molecule has 1 aromatic rings. The van der Waals surface area contributed by atoms with E-state index in [9.17, 15) is 8.42 Å². The van der Waals surface area contributed by atoms with Crippen molar-refractivity contribution in [3.05, 3.63) is 15.8 Å². The number of rotatable bonds is 4. The number of ether oxygens (including phenoxy) is 1. The van der Waals surface area contributed by atoms with E-state index in [0.29, 0.717) is 37.7 Å². The fourth-order valence-corrected chi connectivity index (χ4v) is 4.40. The highest BCUT2D eigenvalue weighted by Gasteiger charge is 2.23. The van der Waals surface area contributed by atoms with Crippen LogP contribution >= 0.6 is 11.3 Å². The number of aryl methyl sites for hydroxylation is 1. The van der Waals surface area contributed by atoms with Crippen molar-refractivity contribution in [3.63, 3.8) is 0 Å². The van der Waals surface area contributed by atoms with Gasteiger partial charge in [0.15, 0.2) is 0 Å². The van der Waals surface area contributed by atoms with Gasteiger partial charge in [-0.3, -0.25) is 0 Å². The van der Waals surface area contributed by atoms with Crippen LogP contribution in [-0.4, -0.2) is 39.7 Å². The van der Waals surface area contributed by atoms with Gasteiger partial charge in [-0.1, -0.05) is 0 Å². The molecule has 1 aromatic heterocycles. The van der Waals surface area contributed by atoms with E-state index < -0.39 is 10.0 Å². The molecule has 1 aliphatic heterocycles. The molecule has 0 saturated carbocycles. The summed E-state index contributed by atoms with van der Waals surface area (Å²) in [7, 11) is -3.50. The van der Waals surface area contributed by atoms with Crippen LogP contribution in [0.5, 0.6) is 0 Å². The summed E-state index contributed by atoms with van der Waals surface area (Å²) < 4.78 is 29.6. The average Bonchev–Trinajstić information content (AvgIpc) is 2.72. The SMILES string of the molecule is Cc1sc(CN)cc1S(=O)(=O)NN1CCOCC1. The molecule has 2 heterocycles. The third-order valence-corrected chi connectivity index (χ3v) is 5.38. The summed E-state index contributed by atoms with van der Waals surface area (Å²) in [5.74, 6) is 0. The molecule has 1 fully saturated rings. The summed E-state index contributed by atoms with van der Waals surface area (Å²) in [6, 6.07) is 1.64. The van der Waals surface area contributed by atoms with Gasteiger partial charge in [-0.25, -0.2) is 13.4 Å². The van der Waals surface area contributed by atoms with Crippen molar-refractivity contribution in [3.8, 4) is 0 Å². The van der Waals surface area contributed by atoms with E-state index >= 15 is 0 Å². The minimum Gasteiger partial charge on any atom is -0.379 e. The van der Waals surface area contributed by atoms with Crippen LogP contribution in [0.1, 0.15) is 9.75 Å². The van der Waals surface area contributed by atoms with Gasteiger partial charge in [-0.15, -0.1) is 16.2 Å². The zero-order valence-electron chi connectivity index (χ0n) is 10.2. The Bertz CT molecular complexity index is 506. The maximum absolute atomic E-state index is 12.2. The minimum atomic E-state index is -3.50. The molecule has 8 heteroatoms. The molecule has 0 radical (unpaired) electrons. The van der Waals surface area contributed by atoms with Crippen molar-refractivity contribution >= 4 is 21.4 Å². The van der Waals surface area contributed by atoms with E-state index in [4.69, 9.17) is 10.5 Å². The molecule has 0 aliphatic carbocycles. The summed E-state index contributed by atoms with van der Waals surface area (Å²) in [4.78, 5) is 4.53. The van der Waals surface area contributed by atoms with E-state index in [-0.39, 0.29) is 0 Å². The van der Waals surface area contributed by atoms with Gasteiger partial charge < -0.3 is 10.5 Å². The topological polar surface area (TPSA) is 84.7 Å². The third kappa shape index (κ3) is 3.08. The van der Waals surface area contributed by atoms with E-state index in [1.54, 1.807) is 18.0 Å². The fourth-order valence-electron chi connectivity index (χ4n) is 1.77. The highest BCUT2D eigenvalue weighted by Crippen LogP contribution is 2.25. The second-order valence-corrected chi connectivity index (χ2v) is 7.00. The van der Waals surface area contributed by atoms with Crippen molar-refractivity contribution in [2.45, 2.75) is 18.4 Å². The maximum Gasteiger partial charge on any atom is 0.254 e. The molecule has 0 bridgehead atoms. The second-order valence-electron chi connectivity index (χ2n) is 4.03. The number of hydrazine groups is 1. The summed E-state index contributed by atoms with van der Waals surface area (Å²) in [6.45, 7) is 4.35. The van der Waals surface area contributed by atoms with Crippen molar-refractivity contribution < 1.29 is 13.2 Å². The molecule has 2 rings (SSSR count). The second kappa shape index (κ2) is 5.64. The van der Waals surface area contributed by atoms with Gasteiger partial charge in [-0.2, -0.15) is 0 Å². The van der Waals surface area contributed by atoms with Crippen LogP contribution in [0.4, 0.5) is 0 Å².